The van der Waals surface area contributed by atoms with Gasteiger partial charge in [0.05, 0.1) is 5.52 Å². The molecule has 0 saturated carbocycles. The summed E-state index contributed by atoms with van der Waals surface area (Å²) in [5.41, 5.74) is 3.75. The topological polar surface area (TPSA) is 47.9 Å². The van der Waals surface area contributed by atoms with Gasteiger partial charge >= 0.3 is 0 Å². The van der Waals surface area contributed by atoms with E-state index in [4.69, 9.17) is 4.74 Å². The molecule has 2 aromatic heterocycles. The van der Waals surface area contributed by atoms with E-state index < -0.39 is 0 Å². The van der Waals surface area contributed by atoms with Gasteiger partial charge in [-0.05, 0) is 38.1 Å². The number of ether oxygens (including phenoxy) is 1. The fourth-order valence-corrected chi connectivity index (χ4v) is 2.55. The van der Waals surface area contributed by atoms with Gasteiger partial charge in [0, 0.05) is 17.1 Å². The van der Waals surface area contributed by atoms with Crippen molar-refractivity contribution in [2.45, 2.75) is 13.8 Å². The van der Waals surface area contributed by atoms with Crippen LogP contribution in [0.5, 0.6) is 11.6 Å². The molecule has 122 valence electrons. The minimum Gasteiger partial charge on any atom is -0.439 e. The quantitative estimate of drug-likeness (QED) is 0.525. The second kappa shape index (κ2) is 6.32. The average Bonchev–Trinajstić information content (AvgIpc) is 2.65. The Hall–Kier alpha value is -3.27. The Kier molecular flexibility index (Phi) is 3.86. The highest BCUT2D eigenvalue weighted by Crippen LogP contribution is 2.26. The van der Waals surface area contributed by atoms with Gasteiger partial charge in [-0.3, -0.25) is 0 Å². The number of aromatic nitrogens is 3. The van der Waals surface area contributed by atoms with Gasteiger partial charge in [-0.1, -0.05) is 42.0 Å². The number of aryl methyl sites for hydroxylation is 2. The predicted octanol–water partition coefficient (Wildman–Crippen LogP) is 5.10. The lowest BCUT2D eigenvalue weighted by molar-refractivity contribution is 0.459. The molecule has 0 N–H and O–H groups in total. The van der Waals surface area contributed by atoms with Crippen LogP contribution in [-0.4, -0.2) is 15.0 Å². The fourth-order valence-electron chi connectivity index (χ4n) is 2.55. The summed E-state index contributed by atoms with van der Waals surface area (Å²) in [5, 5.41) is 1.01. The van der Waals surface area contributed by atoms with Crippen molar-refractivity contribution in [3.63, 3.8) is 0 Å². The lowest BCUT2D eigenvalue weighted by Crippen LogP contribution is -1.96. The largest absolute Gasteiger partial charge is 0.439 e. The van der Waals surface area contributed by atoms with E-state index in [-0.39, 0.29) is 0 Å². The van der Waals surface area contributed by atoms with Gasteiger partial charge in [0.25, 0.3) is 0 Å². The third-order valence-corrected chi connectivity index (χ3v) is 4.00. The van der Waals surface area contributed by atoms with Crippen molar-refractivity contribution in [1.82, 2.24) is 15.0 Å². The minimum atomic E-state index is 0.568. The molecule has 2 aromatic carbocycles. The SMILES string of the molecule is Cc1ccc(Oc2nc(-c3ncc4ccccc4n3)ccc2C)cc1. The maximum Gasteiger partial charge on any atom is 0.222 e. The highest BCUT2D eigenvalue weighted by molar-refractivity contribution is 5.79. The van der Waals surface area contributed by atoms with Gasteiger partial charge in [-0.15, -0.1) is 0 Å². The second-order valence-electron chi connectivity index (χ2n) is 5.99. The highest BCUT2D eigenvalue weighted by Gasteiger charge is 2.09. The smallest absolute Gasteiger partial charge is 0.222 e. The molecular weight excluding hydrogens is 310 g/mol. The van der Waals surface area contributed by atoms with Gasteiger partial charge in [-0.2, -0.15) is 0 Å². The number of nitrogens with zero attached hydrogens (tertiary/aromatic N) is 3. The molecule has 25 heavy (non-hydrogen) atoms. The monoisotopic (exact) mass is 327 g/mol. The van der Waals surface area contributed by atoms with E-state index in [2.05, 4.69) is 15.0 Å². The summed E-state index contributed by atoms with van der Waals surface area (Å²) in [6.07, 6.45) is 1.82. The van der Waals surface area contributed by atoms with Crippen molar-refractivity contribution in [1.29, 1.82) is 0 Å². The molecule has 0 saturated heterocycles. The highest BCUT2D eigenvalue weighted by atomic mass is 16.5. The Morgan fingerprint density at radius 3 is 2.44 bits per heavy atom. The number of fused-ring (bicyclic) bond motifs is 1. The standard InChI is InChI=1S/C21H17N3O/c1-14-7-10-17(11-8-14)25-21-15(2)9-12-19(24-21)20-22-13-16-5-3-4-6-18(16)23-20/h3-13H,1-2H3. The number of hydrogen-bond acceptors (Lipinski definition) is 4. The number of pyridine rings is 1. The van der Waals surface area contributed by atoms with Crippen LogP contribution >= 0.6 is 0 Å². The fraction of sp³-hybridized carbons (Fsp3) is 0.0952. The average molecular weight is 327 g/mol. The van der Waals surface area contributed by atoms with Gasteiger partial charge in [0.1, 0.15) is 11.4 Å². The van der Waals surface area contributed by atoms with Gasteiger partial charge in [0.15, 0.2) is 5.82 Å². The molecule has 0 atom stereocenters. The van der Waals surface area contributed by atoms with Gasteiger partial charge in [0.2, 0.25) is 5.88 Å². The maximum absolute atomic E-state index is 5.95. The number of rotatable bonds is 3. The Morgan fingerprint density at radius 1 is 0.800 bits per heavy atom. The molecule has 0 aliphatic carbocycles. The number of benzene rings is 2. The van der Waals surface area contributed by atoms with Crippen LogP contribution in [0, 0.1) is 13.8 Å². The second-order valence-corrected chi connectivity index (χ2v) is 5.99. The van der Waals surface area contributed by atoms with Crippen molar-refractivity contribution >= 4 is 10.9 Å². The van der Waals surface area contributed by atoms with Crippen molar-refractivity contribution in [3.8, 4) is 23.1 Å². The lowest BCUT2D eigenvalue weighted by atomic mass is 10.2. The zero-order valence-electron chi connectivity index (χ0n) is 14.1. The molecule has 0 aliphatic rings. The van der Waals surface area contributed by atoms with E-state index in [1.165, 1.54) is 5.56 Å². The molecule has 0 amide bonds. The summed E-state index contributed by atoms with van der Waals surface area (Å²) in [4.78, 5) is 13.7. The van der Waals surface area contributed by atoms with Crippen LogP contribution in [0.3, 0.4) is 0 Å². The van der Waals surface area contributed by atoms with Gasteiger partial charge < -0.3 is 4.74 Å². The molecule has 4 nitrogen and oxygen atoms in total. The van der Waals surface area contributed by atoms with E-state index >= 15 is 0 Å². The summed E-state index contributed by atoms with van der Waals surface area (Å²) in [6.45, 7) is 4.02. The Morgan fingerprint density at radius 2 is 1.60 bits per heavy atom. The van der Waals surface area contributed by atoms with E-state index in [1.807, 2.05) is 80.7 Å². The zero-order valence-corrected chi connectivity index (χ0v) is 14.1. The molecule has 0 fully saturated rings. The van der Waals surface area contributed by atoms with E-state index in [1.54, 1.807) is 0 Å². The molecule has 0 spiro atoms. The number of para-hydroxylation sites is 1. The molecule has 0 aliphatic heterocycles. The lowest BCUT2D eigenvalue weighted by Gasteiger charge is -2.09. The predicted molar refractivity (Wildman–Crippen MR) is 98.8 cm³/mol. The first kappa shape index (κ1) is 15.3. The van der Waals surface area contributed by atoms with Crippen LogP contribution in [0.25, 0.3) is 22.4 Å². The van der Waals surface area contributed by atoms with Crippen LogP contribution < -0.4 is 4.74 Å². The number of hydrogen-bond donors (Lipinski definition) is 0. The summed E-state index contributed by atoms with van der Waals surface area (Å²) >= 11 is 0. The third-order valence-electron chi connectivity index (χ3n) is 4.00. The van der Waals surface area contributed by atoms with Crippen molar-refractivity contribution in [2.75, 3.05) is 0 Å². The first-order valence-corrected chi connectivity index (χ1v) is 8.13. The van der Waals surface area contributed by atoms with Crippen LogP contribution in [0.15, 0.2) is 66.9 Å². The third kappa shape index (κ3) is 3.19. The van der Waals surface area contributed by atoms with Crippen molar-refractivity contribution in [2.24, 2.45) is 0 Å². The van der Waals surface area contributed by atoms with Crippen LogP contribution in [0.1, 0.15) is 11.1 Å². The molecule has 4 heteroatoms. The molecule has 0 bridgehead atoms. The van der Waals surface area contributed by atoms with Crippen molar-refractivity contribution in [3.05, 3.63) is 78.0 Å². The summed E-state index contributed by atoms with van der Waals surface area (Å²) < 4.78 is 5.95. The Labute approximate surface area is 146 Å². The molecule has 0 unspecified atom stereocenters. The first-order valence-electron chi connectivity index (χ1n) is 8.13. The van der Waals surface area contributed by atoms with Crippen LogP contribution in [0.4, 0.5) is 0 Å². The van der Waals surface area contributed by atoms with E-state index in [9.17, 15) is 0 Å². The normalized spacial score (nSPS) is 10.8. The van der Waals surface area contributed by atoms with Crippen LogP contribution in [0.2, 0.25) is 0 Å². The van der Waals surface area contributed by atoms with E-state index in [0.29, 0.717) is 17.4 Å². The zero-order chi connectivity index (χ0) is 17.2. The van der Waals surface area contributed by atoms with Crippen LogP contribution in [-0.2, 0) is 0 Å². The Balaban J connectivity index is 1.71. The molecule has 4 rings (SSSR count). The summed E-state index contributed by atoms with van der Waals surface area (Å²) in [6, 6.07) is 19.7. The summed E-state index contributed by atoms with van der Waals surface area (Å²) in [5.74, 6) is 1.92. The minimum absolute atomic E-state index is 0.568. The molecule has 4 aromatic rings. The molecule has 0 radical (unpaired) electrons. The van der Waals surface area contributed by atoms with Gasteiger partial charge in [-0.25, -0.2) is 15.0 Å². The summed E-state index contributed by atoms with van der Waals surface area (Å²) in [7, 11) is 0. The Bertz CT molecular complexity index is 1040. The first-order chi connectivity index (χ1) is 12.2. The molecular formula is C21H17N3O. The molecule has 2 heterocycles. The maximum atomic E-state index is 5.95. The van der Waals surface area contributed by atoms with E-state index in [0.717, 1.165) is 22.2 Å². The van der Waals surface area contributed by atoms with Crippen molar-refractivity contribution < 1.29 is 4.74 Å².